The van der Waals surface area contributed by atoms with E-state index in [0.717, 1.165) is 11.1 Å². The highest BCUT2D eigenvalue weighted by molar-refractivity contribution is 7.91. The van der Waals surface area contributed by atoms with Crippen molar-refractivity contribution in [1.82, 2.24) is 0 Å². The fourth-order valence-electron chi connectivity index (χ4n) is 2.34. The van der Waals surface area contributed by atoms with Crippen molar-refractivity contribution in [3.05, 3.63) is 65.2 Å². The molecule has 0 aliphatic heterocycles. The van der Waals surface area contributed by atoms with Gasteiger partial charge in [-0.05, 0) is 49.2 Å². The second-order valence-electron chi connectivity index (χ2n) is 5.91. The van der Waals surface area contributed by atoms with E-state index in [1.165, 1.54) is 12.1 Å². The van der Waals surface area contributed by atoms with Crippen LogP contribution in [0, 0.1) is 13.8 Å². The first-order valence-electron chi connectivity index (χ1n) is 7.97. The van der Waals surface area contributed by atoms with Crippen molar-refractivity contribution >= 4 is 38.7 Å². The number of rotatable bonds is 7. The summed E-state index contributed by atoms with van der Waals surface area (Å²) < 4.78 is 24.3. The van der Waals surface area contributed by atoms with E-state index in [1.54, 1.807) is 24.3 Å². The summed E-state index contributed by atoms with van der Waals surface area (Å²) in [5, 5.41) is 6.31. The predicted octanol–water partition coefficient (Wildman–Crippen LogP) is 3.97. The van der Waals surface area contributed by atoms with Crippen LogP contribution in [-0.2, 0) is 14.6 Å². The number of carbonyl (C=O) groups excluding carboxylic acids is 1. The minimum atomic E-state index is -3.42. The highest BCUT2D eigenvalue weighted by atomic mass is 35.5. The molecule has 0 radical (unpaired) electrons. The summed E-state index contributed by atoms with van der Waals surface area (Å²) in [4.78, 5) is 12.4. The van der Waals surface area contributed by atoms with Crippen molar-refractivity contribution in [2.24, 2.45) is 0 Å². The van der Waals surface area contributed by atoms with Crippen LogP contribution in [0.15, 0.2) is 53.9 Å². The Morgan fingerprint density at radius 3 is 2.46 bits per heavy atom. The van der Waals surface area contributed by atoms with Crippen molar-refractivity contribution in [3.63, 3.8) is 0 Å². The molecule has 0 fully saturated rings. The lowest BCUT2D eigenvalue weighted by Crippen LogP contribution is -2.22. The molecule has 0 unspecified atom stereocenters. The van der Waals surface area contributed by atoms with Gasteiger partial charge in [-0.3, -0.25) is 4.79 Å². The molecule has 0 bridgehead atoms. The highest BCUT2D eigenvalue weighted by Gasteiger charge is 2.14. The lowest BCUT2D eigenvalue weighted by Gasteiger charge is -2.13. The van der Waals surface area contributed by atoms with Crippen molar-refractivity contribution in [2.75, 3.05) is 22.9 Å². The maximum atomic E-state index is 12.2. The summed E-state index contributed by atoms with van der Waals surface area (Å²) in [6.07, 6.45) is 1.35. The van der Waals surface area contributed by atoms with Gasteiger partial charge < -0.3 is 10.6 Å². The van der Waals surface area contributed by atoms with Crippen LogP contribution in [-0.4, -0.2) is 26.6 Å². The second kappa shape index (κ2) is 8.38. The summed E-state index contributed by atoms with van der Waals surface area (Å²) in [6, 6.07) is 10.0. The van der Waals surface area contributed by atoms with Crippen LogP contribution >= 0.6 is 11.6 Å². The van der Waals surface area contributed by atoms with Gasteiger partial charge in [0.05, 0.1) is 17.2 Å². The maximum Gasteiger partial charge on any atom is 0.243 e. The van der Waals surface area contributed by atoms with Gasteiger partial charge in [-0.25, -0.2) is 8.42 Å². The van der Waals surface area contributed by atoms with Gasteiger partial charge in [-0.1, -0.05) is 29.8 Å². The molecule has 2 N–H and O–H groups in total. The number of sulfone groups is 1. The van der Waals surface area contributed by atoms with Gasteiger partial charge in [0, 0.05) is 16.4 Å². The smallest absolute Gasteiger partial charge is 0.243 e. The molecule has 2 rings (SSSR count). The van der Waals surface area contributed by atoms with E-state index in [-0.39, 0.29) is 23.1 Å². The monoisotopic (exact) mass is 392 g/mol. The average molecular weight is 393 g/mol. The molecule has 2 aromatic rings. The molecule has 0 aromatic heterocycles. The third-order valence-electron chi connectivity index (χ3n) is 3.82. The molecule has 0 heterocycles. The van der Waals surface area contributed by atoms with Crippen LogP contribution in [0.4, 0.5) is 11.4 Å². The Kier molecular flexibility index (Phi) is 6.45. The van der Waals surface area contributed by atoms with Crippen molar-refractivity contribution < 1.29 is 13.2 Å². The number of anilines is 2. The number of nitrogens with one attached hydrogen (secondary N) is 2. The fourth-order valence-corrected chi connectivity index (χ4v) is 3.58. The summed E-state index contributed by atoms with van der Waals surface area (Å²) in [5.74, 6) is -0.390. The molecule has 1 amide bonds. The predicted molar refractivity (Wildman–Crippen MR) is 107 cm³/mol. The molecule has 5 nitrogen and oxygen atoms in total. The zero-order chi connectivity index (χ0) is 19.3. The van der Waals surface area contributed by atoms with Crippen LogP contribution in [0.1, 0.15) is 11.1 Å². The van der Waals surface area contributed by atoms with Crippen molar-refractivity contribution in [3.8, 4) is 0 Å². The number of hydrogen-bond donors (Lipinski definition) is 2. The van der Waals surface area contributed by atoms with E-state index >= 15 is 0 Å². The van der Waals surface area contributed by atoms with E-state index in [1.807, 2.05) is 19.9 Å². The SMILES string of the molecule is C=CCS(=O)(=O)c1ccc(C)c(NCC(=O)Nc2cc(Cl)ccc2C)c1. The molecule has 0 saturated heterocycles. The molecule has 26 heavy (non-hydrogen) atoms. The third-order valence-corrected chi connectivity index (χ3v) is 5.70. The highest BCUT2D eigenvalue weighted by Crippen LogP contribution is 2.22. The van der Waals surface area contributed by atoms with Crippen LogP contribution in [0.3, 0.4) is 0 Å². The molecule has 138 valence electrons. The van der Waals surface area contributed by atoms with Gasteiger partial charge >= 0.3 is 0 Å². The van der Waals surface area contributed by atoms with Gasteiger partial charge in [0.2, 0.25) is 5.91 Å². The molecular weight excluding hydrogens is 372 g/mol. The van der Waals surface area contributed by atoms with Crippen LogP contribution in [0.25, 0.3) is 0 Å². The molecule has 2 aromatic carbocycles. The zero-order valence-corrected chi connectivity index (χ0v) is 16.2. The molecule has 0 aliphatic rings. The van der Waals surface area contributed by atoms with Gasteiger partial charge in [0.1, 0.15) is 0 Å². The van der Waals surface area contributed by atoms with E-state index < -0.39 is 9.84 Å². The van der Waals surface area contributed by atoms with Crippen LogP contribution in [0.5, 0.6) is 0 Å². The fraction of sp³-hybridized carbons (Fsp3) is 0.211. The van der Waals surface area contributed by atoms with Gasteiger partial charge in [-0.2, -0.15) is 0 Å². The minimum Gasteiger partial charge on any atom is -0.376 e. The number of hydrogen-bond acceptors (Lipinski definition) is 4. The quantitative estimate of drug-likeness (QED) is 0.699. The zero-order valence-electron chi connectivity index (χ0n) is 14.7. The minimum absolute atomic E-state index is 0.00223. The van der Waals surface area contributed by atoms with E-state index in [4.69, 9.17) is 11.6 Å². The normalized spacial score (nSPS) is 11.0. The number of amides is 1. The third kappa shape index (κ3) is 5.09. The Morgan fingerprint density at radius 2 is 1.77 bits per heavy atom. The molecule has 0 saturated carbocycles. The Hall–Kier alpha value is -2.31. The Bertz CT molecular complexity index is 940. The van der Waals surface area contributed by atoms with Gasteiger partial charge in [0.25, 0.3) is 0 Å². The Morgan fingerprint density at radius 1 is 1.12 bits per heavy atom. The molecule has 0 spiro atoms. The number of aryl methyl sites for hydroxylation is 2. The number of halogens is 1. The summed E-state index contributed by atoms with van der Waals surface area (Å²) in [7, 11) is -3.42. The van der Waals surface area contributed by atoms with E-state index in [0.29, 0.717) is 16.4 Å². The van der Waals surface area contributed by atoms with Crippen LogP contribution in [0.2, 0.25) is 5.02 Å². The Labute approximate surface area is 159 Å². The second-order valence-corrected chi connectivity index (χ2v) is 8.38. The van der Waals surface area contributed by atoms with Crippen molar-refractivity contribution in [2.45, 2.75) is 18.7 Å². The van der Waals surface area contributed by atoms with E-state index in [2.05, 4.69) is 17.2 Å². The van der Waals surface area contributed by atoms with Gasteiger partial charge in [-0.15, -0.1) is 6.58 Å². The summed E-state index contributed by atoms with van der Waals surface area (Å²) >= 11 is 5.95. The summed E-state index contributed by atoms with van der Waals surface area (Å²) in [5.41, 5.74) is 2.97. The first kappa shape index (κ1) is 20.0. The molecule has 0 atom stereocenters. The molecule has 7 heteroatoms. The average Bonchev–Trinajstić information content (AvgIpc) is 2.57. The molecular formula is C19H21ClN2O3S. The van der Waals surface area contributed by atoms with Crippen molar-refractivity contribution in [1.29, 1.82) is 0 Å². The first-order chi connectivity index (χ1) is 12.2. The van der Waals surface area contributed by atoms with Gasteiger partial charge in [0.15, 0.2) is 9.84 Å². The molecule has 0 aliphatic carbocycles. The lowest BCUT2D eigenvalue weighted by molar-refractivity contribution is -0.114. The Balaban J connectivity index is 2.10. The lowest BCUT2D eigenvalue weighted by atomic mass is 10.2. The van der Waals surface area contributed by atoms with E-state index in [9.17, 15) is 13.2 Å². The number of carbonyl (C=O) groups is 1. The first-order valence-corrected chi connectivity index (χ1v) is 10.00. The standard InChI is InChI=1S/C19H21ClN2O3S/c1-4-9-26(24,25)16-8-6-13(2)17(11-16)21-12-19(23)22-18-10-15(20)7-5-14(18)3/h4-8,10-11,21H,1,9,12H2,2-3H3,(H,22,23). The maximum absolute atomic E-state index is 12.2. The summed E-state index contributed by atoms with van der Waals surface area (Å²) in [6.45, 7) is 7.18. The topological polar surface area (TPSA) is 75.3 Å². The largest absolute Gasteiger partial charge is 0.376 e. The number of benzene rings is 2. The van der Waals surface area contributed by atoms with Crippen LogP contribution < -0.4 is 10.6 Å².